The van der Waals surface area contributed by atoms with Crippen molar-refractivity contribution in [2.24, 2.45) is 5.92 Å². The maximum absolute atomic E-state index is 11.6. The lowest BCUT2D eigenvalue weighted by molar-refractivity contribution is -0.183. The molecule has 1 aromatic rings. The van der Waals surface area contributed by atoms with Crippen LogP contribution in [0, 0.1) is 5.92 Å². The van der Waals surface area contributed by atoms with Gasteiger partial charge in [0.25, 0.3) is 0 Å². The standard InChI is InChI=1S/C15H23NO3.C2H6/c1-12(2)11-18-13(3)19-16-15(17)10-9-14-7-5-4-6-8-14;1-2/h4-8,12-13H,9-11H2,1-3H3,(H,16,17);1-2H3. The summed E-state index contributed by atoms with van der Waals surface area (Å²) in [6, 6.07) is 9.89. The number of hydrogen-bond acceptors (Lipinski definition) is 3. The normalized spacial score (nSPS) is 11.5. The topological polar surface area (TPSA) is 47.6 Å². The van der Waals surface area contributed by atoms with Gasteiger partial charge in [-0.1, -0.05) is 58.0 Å². The summed E-state index contributed by atoms with van der Waals surface area (Å²) in [4.78, 5) is 16.7. The minimum atomic E-state index is -0.428. The zero-order chi connectivity index (χ0) is 16.1. The van der Waals surface area contributed by atoms with Gasteiger partial charge in [0.2, 0.25) is 5.91 Å². The molecule has 1 aromatic carbocycles. The summed E-state index contributed by atoms with van der Waals surface area (Å²) < 4.78 is 5.38. The van der Waals surface area contributed by atoms with E-state index in [1.807, 2.05) is 44.2 Å². The fourth-order valence-corrected chi connectivity index (χ4v) is 1.46. The number of hydroxylamine groups is 1. The van der Waals surface area contributed by atoms with E-state index in [0.717, 1.165) is 5.56 Å². The molecule has 4 nitrogen and oxygen atoms in total. The van der Waals surface area contributed by atoms with E-state index in [4.69, 9.17) is 9.57 Å². The molecule has 0 saturated heterocycles. The fraction of sp³-hybridized carbons (Fsp3) is 0.588. The molecule has 0 spiro atoms. The van der Waals surface area contributed by atoms with E-state index < -0.39 is 6.29 Å². The largest absolute Gasteiger partial charge is 0.350 e. The monoisotopic (exact) mass is 295 g/mol. The molecule has 120 valence electrons. The molecule has 0 aromatic heterocycles. The highest BCUT2D eigenvalue weighted by Gasteiger charge is 2.07. The van der Waals surface area contributed by atoms with E-state index in [1.165, 1.54) is 0 Å². The highest BCUT2D eigenvalue weighted by atomic mass is 16.8. The lowest BCUT2D eigenvalue weighted by atomic mass is 10.1. The molecule has 1 N–H and O–H groups in total. The first-order valence-corrected chi connectivity index (χ1v) is 7.68. The average molecular weight is 295 g/mol. The Balaban J connectivity index is 0.00000191. The minimum Gasteiger partial charge on any atom is -0.350 e. The number of aryl methyl sites for hydroxylation is 1. The third kappa shape index (κ3) is 11.0. The molecule has 1 atom stereocenters. The lowest BCUT2D eigenvalue weighted by Crippen LogP contribution is -2.30. The van der Waals surface area contributed by atoms with Crippen LogP contribution in [0.1, 0.15) is 46.6 Å². The number of carbonyl (C=O) groups excluding carboxylic acids is 1. The predicted octanol–water partition coefficient (Wildman–Crippen LogP) is 3.71. The van der Waals surface area contributed by atoms with Gasteiger partial charge in [0.1, 0.15) is 0 Å². The number of hydrogen-bond donors (Lipinski definition) is 1. The van der Waals surface area contributed by atoms with Crippen LogP contribution in [0.4, 0.5) is 0 Å². The van der Waals surface area contributed by atoms with Crippen molar-refractivity contribution in [1.29, 1.82) is 0 Å². The second kappa shape index (κ2) is 12.4. The Bertz CT molecular complexity index is 366. The third-order valence-corrected chi connectivity index (χ3v) is 2.49. The van der Waals surface area contributed by atoms with Gasteiger partial charge in [0, 0.05) is 6.42 Å². The molecular formula is C17H29NO3. The van der Waals surface area contributed by atoms with Crippen molar-refractivity contribution >= 4 is 5.91 Å². The van der Waals surface area contributed by atoms with Crippen LogP contribution in [0.2, 0.25) is 0 Å². The summed E-state index contributed by atoms with van der Waals surface area (Å²) in [6.45, 7) is 10.5. The minimum absolute atomic E-state index is 0.135. The summed E-state index contributed by atoms with van der Waals surface area (Å²) in [7, 11) is 0. The fourth-order valence-electron chi connectivity index (χ4n) is 1.46. The highest BCUT2D eigenvalue weighted by molar-refractivity contribution is 5.75. The van der Waals surface area contributed by atoms with Gasteiger partial charge in [-0.15, -0.1) is 0 Å². The van der Waals surface area contributed by atoms with Crippen LogP contribution >= 0.6 is 0 Å². The lowest BCUT2D eigenvalue weighted by Gasteiger charge is -2.15. The Kier molecular flexibility index (Phi) is 11.5. The van der Waals surface area contributed by atoms with Crippen LogP contribution in [-0.4, -0.2) is 18.8 Å². The third-order valence-electron chi connectivity index (χ3n) is 2.49. The van der Waals surface area contributed by atoms with Crippen molar-refractivity contribution in [2.75, 3.05) is 6.61 Å². The quantitative estimate of drug-likeness (QED) is 0.587. The molecule has 1 unspecified atom stereocenters. The molecule has 4 heteroatoms. The van der Waals surface area contributed by atoms with Crippen molar-refractivity contribution in [3.8, 4) is 0 Å². The van der Waals surface area contributed by atoms with Crippen LogP contribution in [0.25, 0.3) is 0 Å². The Morgan fingerprint density at radius 2 is 1.76 bits per heavy atom. The Morgan fingerprint density at radius 1 is 1.14 bits per heavy atom. The summed E-state index contributed by atoms with van der Waals surface area (Å²) in [5.74, 6) is 0.309. The van der Waals surface area contributed by atoms with Crippen LogP contribution in [0.3, 0.4) is 0 Å². The molecule has 0 aliphatic heterocycles. The van der Waals surface area contributed by atoms with Crippen LogP contribution in [0.5, 0.6) is 0 Å². The zero-order valence-corrected chi connectivity index (χ0v) is 13.9. The van der Waals surface area contributed by atoms with Crippen molar-refractivity contribution < 1.29 is 14.4 Å². The van der Waals surface area contributed by atoms with Crippen LogP contribution in [-0.2, 0) is 20.8 Å². The first-order chi connectivity index (χ1) is 10.1. The molecule has 0 aliphatic rings. The summed E-state index contributed by atoms with van der Waals surface area (Å²) in [5, 5.41) is 0. The SMILES string of the molecule is CC.CC(C)COC(C)ONC(=O)CCc1ccccc1. The smallest absolute Gasteiger partial charge is 0.243 e. The molecule has 0 bridgehead atoms. The highest BCUT2D eigenvalue weighted by Crippen LogP contribution is 2.02. The second-order valence-electron chi connectivity index (χ2n) is 4.92. The molecule has 0 radical (unpaired) electrons. The van der Waals surface area contributed by atoms with E-state index >= 15 is 0 Å². The molecule has 1 rings (SSSR count). The van der Waals surface area contributed by atoms with Gasteiger partial charge >= 0.3 is 0 Å². The number of benzene rings is 1. The maximum Gasteiger partial charge on any atom is 0.243 e. The summed E-state index contributed by atoms with van der Waals surface area (Å²) in [6.07, 6.45) is 0.682. The summed E-state index contributed by atoms with van der Waals surface area (Å²) >= 11 is 0. The van der Waals surface area contributed by atoms with Crippen molar-refractivity contribution in [3.05, 3.63) is 35.9 Å². The van der Waals surface area contributed by atoms with Gasteiger partial charge < -0.3 is 4.74 Å². The van der Waals surface area contributed by atoms with E-state index in [2.05, 4.69) is 19.3 Å². The van der Waals surface area contributed by atoms with E-state index in [-0.39, 0.29) is 5.91 Å². The van der Waals surface area contributed by atoms with Gasteiger partial charge in [-0.25, -0.2) is 10.3 Å². The number of carbonyl (C=O) groups is 1. The number of ether oxygens (including phenoxy) is 1. The molecule has 0 saturated carbocycles. The second-order valence-corrected chi connectivity index (χ2v) is 4.92. The first-order valence-electron chi connectivity index (χ1n) is 7.68. The Labute approximate surface area is 128 Å². The molecule has 0 fully saturated rings. The van der Waals surface area contributed by atoms with Gasteiger partial charge in [-0.05, 0) is 24.8 Å². The van der Waals surface area contributed by atoms with Gasteiger partial charge in [0.15, 0.2) is 6.29 Å². The van der Waals surface area contributed by atoms with E-state index in [0.29, 0.717) is 25.4 Å². The zero-order valence-electron chi connectivity index (χ0n) is 13.9. The van der Waals surface area contributed by atoms with Crippen molar-refractivity contribution in [3.63, 3.8) is 0 Å². The molecular weight excluding hydrogens is 266 g/mol. The first kappa shape index (κ1) is 19.6. The van der Waals surface area contributed by atoms with Crippen LogP contribution in [0.15, 0.2) is 30.3 Å². The Morgan fingerprint density at radius 3 is 2.33 bits per heavy atom. The molecule has 1 amide bonds. The van der Waals surface area contributed by atoms with E-state index in [9.17, 15) is 4.79 Å². The molecule has 21 heavy (non-hydrogen) atoms. The van der Waals surface area contributed by atoms with Gasteiger partial charge in [-0.2, -0.15) is 0 Å². The number of amides is 1. The Hall–Kier alpha value is -1.39. The number of nitrogens with one attached hydrogen (secondary N) is 1. The molecule has 0 heterocycles. The van der Waals surface area contributed by atoms with Crippen molar-refractivity contribution in [1.82, 2.24) is 5.48 Å². The maximum atomic E-state index is 11.6. The summed E-state index contributed by atoms with van der Waals surface area (Å²) in [5.41, 5.74) is 3.55. The predicted molar refractivity (Wildman–Crippen MR) is 85.6 cm³/mol. The van der Waals surface area contributed by atoms with Gasteiger partial charge in [-0.3, -0.25) is 4.79 Å². The van der Waals surface area contributed by atoms with Gasteiger partial charge in [0.05, 0.1) is 6.61 Å². The van der Waals surface area contributed by atoms with E-state index in [1.54, 1.807) is 6.92 Å². The number of rotatable bonds is 8. The van der Waals surface area contributed by atoms with Crippen molar-refractivity contribution in [2.45, 2.75) is 53.8 Å². The molecule has 0 aliphatic carbocycles. The van der Waals surface area contributed by atoms with Crippen LogP contribution < -0.4 is 5.48 Å². The average Bonchev–Trinajstić information content (AvgIpc) is 2.51.